The van der Waals surface area contributed by atoms with Crippen LogP contribution in [-0.2, 0) is 11.5 Å². The van der Waals surface area contributed by atoms with Crippen molar-refractivity contribution in [2.45, 2.75) is 21.3 Å². The molecule has 0 saturated carbocycles. The third kappa shape index (κ3) is 8.34. The van der Waals surface area contributed by atoms with E-state index in [0.717, 1.165) is 20.9 Å². The minimum absolute atomic E-state index is 0. The molecule has 2 aromatic rings. The van der Waals surface area contributed by atoms with Gasteiger partial charge in [-0.25, -0.2) is 4.39 Å². The SMILES string of the molecule is Br.Br.N=C(N)SCc1ccccc1Sc1cc(F)ccc1CSC(=N)N. The van der Waals surface area contributed by atoms with Crippen LogP contribution in [-0.4, -0.2) is 10.3 Å². The number of nitrogens with two attached hydrogens (primary N) is 2. The van der Waals surface area contributed by atoms with Crippen LogP contribution >= 0.6 is 69.2 Å². The Morgan fingerprint density at radius 3 is 1.96 bits per heavy atom. The maximum atomic E-state index is 13.7. The van der Waals surface area contributed by atoms with Crippen molar-refractivity contribution >= 4 is 79.6 Å². The van der Waals surface area contributed by atoms with Crippen LogP contribution in [0.1, 0.15) is 11.1 Å². The lowest BCUT2D eigenvalue weighted by Crippen LogP contribution is -2.04. The molecule has 0 amide bonds. The van der Waals surface area contributed by atoms with Gasteiger partial charge < -0.3 is 11.5 Å². The molecule has 0 radical (unpaired) electrons. The molecule has 0 aliphatic rings. The lowest BCUT2D eigenvalue weighted by atomic mass is 10.2. The van der Waals surface area contributed by atoms with E-state index in [1.54, 1.807) is 6.07 Å². The Labute approximate surface area is 186 Å². The lowest BCUT2D eigenvalue weighted by molar-refractivity contribution is 0.623. The Morgan fingerprint density at radius 1 is 0.846 bits per heavy atom. The van der Waals surface area contributed by atoms with Gasteiger partial charge >= 0.3 is 0 Å². The first-order chi connectivity index (χ1) is 11.5. The number of hydrogen-bond donors (Lipinski definition) is 4. The molecule has 0 aliphatic heterocycles. The highest BCUT2D eigenvalue weighted by Gasteiger charge is 2.10. The topological polar surface area (TPSA) is 99.7 Å². The fourth-order valence-corrected chi connectivity index (χ4v) is 4.30. The molecule has 2 aromatic carbocycles. The number of halogens is 3. The maximum absolute atomic E-state index is 13.7. The summed E-state index contributed by atoms with van der Waals surface area (Å²) in [6.45, 7) is 0. The van der Waals surface area contributed by atoms with Crippen LogP contribution in [0.3, 0.4) is 0 Å². The normalized spacial score (nSPS) is 9.73. The van der Waals surface area contributed by atoms with Crippen molar-refractivity contribution < 1.29 is 4.39 Å². The van der Waals surface area contributed by atoms with Crippen molar-refractivity contribution in [1.29, 1.82) is 10.8 Å². The van der Waals surface area contributed by atoms with E-state index >= 15 is 0 Å². The van der Waals surface area contributed by atoms with Crippen LogP contribution < -0.4 is 11.5 Å². The van der Waals surface area contributed by atoms with E-state index < -0.39 is 0 Å². The standard InChI is InChI=1S/C16H17FN4S3.2BrH/c17-12-6-5-11(9-23-16(20)21)14(7-12)24-13-4-2-1-3-10(13)8-22-15(18)19;;/h1-7H,8-9H2,(H3,18,19)(H3,20,21);2*1H. The average Bonchev–Trinajstić information content (AvgIpc) is 2.53. The molecular weight excluding hydrogens is 523 g/mol. The molecule has 0 atom stereocenters. The molecule has 4 nitrogen and oxygen atoms in total. The van der Waals surface area contributed by atoms with Crippen LogP contribution in [0.25, 0.3) is 0 Å². The second-order valence-electron chi connectivity index (χ2n) is 4.77. The lowest BCUT2D eigenvalue weighted by Gasteiger charge is -2.12. The number of amidine groups is 2. The summed E-state index contributed by atoms with van der Waals surface area (Å²) in [5.41, 5.74) is 12.8. The largest absolute Gasteiger partial charge is 0.379 e. The van der Waals surface area contributed by atoms with Crippen molar-refractivity contribution in [3.05, 3.63) is 59.4 Å². The molecular formula is C16H19Br2FN4S3. The summed E-state index contributed by atoms with van der Waals surface area (Å²) in [6.07, 6.45) is 0. The quantitative estimate of drug-likeness (QED) is 0.290. The van der Waals surface area contributed by atoms with Gasteiger partial charge in [0.2, 0.25) is 0 Å². The molecule has 6 N–H and O–H groups in total. The third-order valence-electron chi connectivity index (χ3n) is 2.99. The molecule has 2 rings (SSSR count). The van der Waals surface area contributed by atoms with Crippen LogP contribution in [0.15, 0.2) is 52.3 Å². The predicted octanol–water partition coefficient (Wildman–Crippen LogP) is 5.39. The predicted molar refractivity (Wildman–Crippen MR) is 124 cm³/mol. The number of rotatable bonds is 6. The summed E-state index contributed by atoms with van der Waals surface area (Å²) in [7, 11) is 0. The van der Waals surface area contributed by atoms with Crippen molar-refractivity contribution in [1.82, 2.24) is 0 Å². The molecule has 0 aliphatic carbocycles. The minimum atomic E-state index is -0.301. The monoisotopic (exact) mass is 540 g/mol. The van der Waals surface area contributed by atoms with Gasteiger partial charge in [-0.15, -0.1) is 34.0 Å². The van der Waals surface area contributed by atoms with Gasteiger partial charge in [0.1, 0.15) is 5.82 Å². The molecule has 0 bridgehead atoms. The van der Waals surface area contributed by atoms with Crippen molar-refractivity contribution in [2.24, 2.45) is 11.5 Å². The van der Waals surface area contributed by atoms with Gasteiger partial charge in [0.25, 0.3) is 0 Å². The van der Waals surface area contributed by atoms with E-state index in [0.29, 0.717) is 11.5 Å². The molecule has 0 fully saturated rings. The minimum Gasteiger partial charge on any atom is -0.379 e. The zero-order chi connectivity index (χ0) is 17.5. The maximum Gasteiger partial charge on any atom is 0.151 e. The van der Waals surface area contributed by atoms with E-state index in [1.807, 2.05) is 24.3 Å². The van der Waals surface area contributed by atoms with Crippen molar-refractivity contribution in [3.63, 3.8) is 0 Å². The fraction of sp³-hybridized carbons (Fsp3) is 0.125. The van der Waals surface area contributed by atoms with Gasteiger partial charge in [-0.2, -0.15) is 0 Å². The van der Waals surface area contributed by atoms with E-state index in [-0.39, 0.29) is 50.1 Å². The van der Waals surface area contributed by atoms with Crippen LogP contribution in [0.2, 0.25) is 0 Å². The molecule has 0 unspecified atom stereocenters. The highest BCUT2D eigenvalue weighted by atomic mass is 79.9. The van der Waals surface area contributed by atoms with Gasteiger partial charge in [-0.3, -0.25) is 10.8 Å². The molecule has 10 heteroatoms. The second kappa shape index (κ2) is 12.7. The highest BCUT2D eigenvalue weighted by molar-refractivity contribution is 8.93. The number of thioether (sulfide) groups is 2. The summed E-state index contributed by atoms with van der Waals surface area (Å²) in [5, 5.41) is 14.8. The smallest absolute Gasteiger partial charge is 0.151 e. The fourth-order valence-electron chi connectivity index (χ4n) is 1.89. The summed E-state index contributed by atoms with van der Waals surface area (Å²) in [5.74, 6) is 0.804. The van der Waals surface area contributed by atoms with E-state index in [2.05, 4.69) is 0 Å². The zero-order valence-corrected chi connectivity index (χ0v) is 19.4. The summed E-state index contributed by atoms with van der Waals surface area (Å²) in [6, 6.07) is 12.4. The summed E-state index contributed by atoms with van der Waals surface area (Å²) < 4.78 is 13.7. The molecule has 142 valence electrons. The van der Waals surface area contributed by atoms with Gasteiger partial charge in [0.15, 0.2) is 10.3 Å². The Hall–Kier alpha value is -0.680. The number of hydrogen-bond acceptors (Lipinski definition) is 5. The average molecular weight is 542 g/mol. The van der Waals surface area contributed by atoms with E-state index in [1.165, 1.54) is 47.4 Å². The van der Waals surface area contributed by atoms with Gasteiger partial charge in [0.05, 0.1) is 0 Å². The summed E-state index contributed by atoms with van der Waals surface area (Å²) in [4.78, 5) is 1.79. The first-order valence-electron chi connectivity index (χ1n) is 6.93. The van der Waals surface area contributed by atoms with Crippen molar-refractivity contribution in [3.8, 4) is 0 Å². The molecule has 0 heterocycles. The van der Waals surface area contributed by atoms with Gasteiger partial charge in [-0.05, 0) is 29.3 Å². The van der Waals surface area contributed by atoms with Crippen LogP contribution in [0, 0.1) is 16.6 Å². The Kier molecular flexibility index (Phi) is 12.3. The summed E-state index contributed by atoms with van der Waals surface area (Å²) >= 11 is 3.93. The molecule has 0 aromatic heterocycles. The van der Waals surface area contributed by atoms with Crippen LogP contribution in [0.5, 0.6) is 0 Å². The number of benzene rings is 2. The molecule has 0 saturated heterocycles. The Balaban J connectivity index is 0.00000312. The third-order valence-corrected chi connectivity index (χ3v) is 5.74. The Bertz CT molecular complexity index is 762. The van der Waals surface area contributed by atoms with Crippen molar-refractivity contribution in [2.75, 3.05) is 0 Å². The van der Waals surface area contributed by atoms with E-state index in [9.17, 15) is 4.39 Å². The first kappa shape index (κ1) is 25.3. The van der Waals surface area contributed by atoms with Gasteiger partial charge in [0, 0.05) is 21.3 Å². The van der Waals surface area contributed by atoms with Gasteiger partial charge in [-0.1, -0.05) is 59.6 Å². The zero-order valence-electron chi connectivity index (χ0n) is 13.5. The van der Waals surface area contributed by atoms with Crippen LogP contribution in [0.4, 0.5) is 4.39 Å². The van der Waals surface area contributed by atoms with E-state index in [4.69, 9.17) is 22.3 Å². The first-order valence-corrected chi connectivity index (χ1v) is 9.72. The number of nitrogens with one attached hydrogen (secondary N) is 2. The molecule has 0 spiro atoms. The molecule has 26 heavy (non-hydrogen) atoms. The second-order valence-corrected chi connectivity index (χ2v) is 7.89. The highest BCUT2D eigenvalue weighted by Crippen LogP contribution is 2.35. The Morgan fingerprint density at radius 2 is 1.38 bits per heavy atom.